The number of nitrogens with two attached hydrogens (primary N) is 1. The summed E-state index contributed by atoms with van der Waals surface area (Å²) in [7, 11) is 0. The summed E-state index contributed by atoms with van der Waals surface area (Å²) in [6.07, 6.45) is 0. The van der Waals surface area contributed by atoms with Crippen LogP contribution in [0.2, 0.25) is 0 Å². The monoisotopic (exact) mass is 154 g/mol. The van der Waals surface area contributed by atoms with E-state index in [1.54, 1.807) is 11.3 Å². The van der Waals surface area contributed by atoms with Crippen molar-refractivity contribution in [3.8, 4) is 0 Å². The highest BCUT2D eigenvalue weighted by atomic mass is 32.1. The van der Waals surface area contributed by atoms with Gasteiger partial charge in [0, 0.05) is 0 Å². The highest BCUT2D eigenvalue weighted by Gasteiger charge is 1.97. The maximum Gasteiger partial charge on any atom is 0.0741 e. The van der Waals surface area contributed by atoms with Crippen LogP contribution >= 0.6 is 11.3 Å². The fourth-order valence-electron chi connectivity index (χ4n) is 0.685. The third-order valence-electron chi connectivity index (χ3n) is 1.28. The van der Waals surface area contributed by atoms with E-state index in [-0.39, 0.29) is 0 Å². The summed E-state index contributed by atoms with van der Waals surface area (Å²) < 4.78 is 0. The molecule has 0 unspecified atom stereocenters. The molecule has 1 heterocycles. The van der Waals surface area contributed by atoms with E-state index in [0.29, 0.717) is 0 Å². The van der Waals surface area contributed by atoms with Crippen LogP contribution in [0, 0.1) is 6.92 Å². The third-order valence-corrected chi connectivity index (χ3v) is 2.44. The van der Waals surface area contributed by atoms with Crippen LogP contribution < -0.4 is 5.84 Å². The molecule has 1 aromatic rings. The predicted octanol–water partition coefficient (Wildman–Crippen LogP) is 1.74. The molecule has 0 radical (unpaired) electrons. The minimum atomic E-state index is 0.901. The van der Waals surface area contributed by atoms with E-state index < -0.39 is 0 Å². The Morgan fingerprint density at radius 2 is 2.40 bits per heavy atom. The lowest BCUT2D eigenvalue weighted by atomic mass is 10.3. The fourth-order valence-corrected chi connectivity index (χ4v) is 1.54. The van der Waals surface area contributed by atoms with Gasteiger partial charge >= 0.3 is 0 Å². The second-order valence-corrected chi connectivity index (χ2v) is 3.11. The van der Waals surface area contributed by atoms with Gasteiger partial charge in [-0.1, -0.05) is 0 Å². The molecule has 10 heavy (non-hydrogen) atoms. The van der Waals surface area contributed by atoms with Gasteiger partial charge < -0.3 is 5.84 Å². The minimum Gasteiger partial charge on any atom is -0.323 e. The maximum atomic E-state index is 5.11. The van der Waals surface area contributed by atoms with Gasteiger partial charge in [0.15, 0.2) is 0 Å². The first-order chi connectivity index (χ1) is 4.74. The zero-order valence-corrected chi connectivity index (χ0v) is 6.90. The van der Waals surface area contributed by atoms with Crippen LogP contribution in [-0.4, -0.2) is 5.71 Å². The van der Waals surface area contributed by atoms with Gasteiger partial charge in [-0.15, -0.1) is 11.3 Å². The van der Waals surface area contributed by atoms with Crippen molar-refractivity contribution in [3.63, 3.8) is 0 Å². The number of hydrogen-bond acceptors (Lipinski definition) is 3. The molecule has 0 spiro atoms. The Morgan fingerprint density at radius 3 is 2.80 bits per heavy atom. The molecular formula is C7H10N2S. The largest absolute Gasteiger partial charge is 0.323 e. The number of rotatable bonds is 1. The first-order valence-corrected chi connectivity index (χ1v) is 3.92. The molecular weight excluding hydrogens is 144 g/mol. The molecule has 0 aliphatic heterocycles. The van der Waals surface area contributed by atoms with Crippen molar-refractivity contribution >= 4 is 17.0 Å². The number of nitrogens with zero attached hydrogens (tertiary/aromatic N) is 1. The molecule has 2 nitrogen and oxygen atoms in total. The highest BCUT2D eigenvalue weighted by molar-refractivity contribution is 7.12. The normalized spacial score (nSPS) is 12.0. The lowest BCUT2D eigenvalue weighted by Gasteiger charge is -1.89. The van der Waals surface area contributed by atoms with E-state index in [1.165, 1.54) is 5.56 Å². The van der Waals surface area contributed by atoms with Crippen molar-refractivity contribution in [1.29, 1.82) is 0 Å². The van der Waals surface area contributed by atoms with Gasteiger partial charge in [-0.2, -0.15) is 5.10 Å². The van der Waals surface area contributed by atoms with E-state index in [1.807, 2.05) is 6.92 Å². The Labute approximate surface area is 64.4 Å². The van der Waals surface area contributed by atoms with E-state index in [0.717, 1.165) is 10.6 Å². The van der Waals surface area contributed by atoms with Gasteiger partial charge in [0.1, 0.15) is 0 Å². The molecule has 1 aromatic heterocycles. The molecule has 0 amide bonds. The summed E-state index contributed by atoms with van der Waals surface area (Å²) in [6, 6.07) is 2.08. The van der Waals surface area contributed by atoms with Crippen molar-refractivity contribution in [3.05, 3.63) is 21.9 Å². The summed E-state index contributed by atoms with van der Waals surface area (Å²) in [4.78, 5) is 1.15. The van der Waals surface area contributed by atoms with Crippen molar-refractivity contribution in [2.45, 2.75) is 13.8 Å². The quantitative estimate of drug-likeness (QED) is 0.373. The van der Waals surface area contributed by atoms with E-state index in [2.05, 4.69) is 23.5 Å². The van der Waals surface area contributed by atoms with Crippen molar-refractivity contribution in [2.75, 3.05) is 0 Å². The summed E-state index contributed by atoms with van der Waals surface area (Å²) in [5.41, 5.74) is 2.17. The molecule has 0 atom stereocenters. The second-order valence-electron chi connectivity index (χ2n) is 2.20. The Hall–Kier alpha value is -0.830. The van der Waals surface area contributed by atoms with Crippen LogP contribution in [-0.2, 0) is 0 Å². The second kappa shape index (κ2) is 2.84. The topological polar surface area (TPSA) is 38.4 Å². The molecule has 0 aliphatic rings. The van der Waals surface area contributed by atoms with Crippen molar-refractivity contribution < 1.29 is 0 Å². The standard InChI is InChI=1S/C7H10N2S/c1-5-3-7(10-4-5)6(2)9-8/h3-4H,8H2,1-2H3. The van der Waals surface area contributed by atoms with E-state index in [4.69, 9.17) is 5.84 Å². The van der Waals surface area contributed by atoms with Gasteiger partial charge in [-0.25, -0.2) is 0 Å². The van der Waals surface area contributed by atoms with Crippen LogP contribution in [0.15, 0.2) is 16.5 Å². The lowest BCUT2D eigenvalue weighted by molar-refractivity contribution is 1.24. The molecule has 1 rings (SSSR count). The van der Waals surface area contributed by atoms with E-state index >= 15 is 0 Å². The van der Waals surface area contributed by atoms with Crippen LogP contribution in [0.5, 0.6) is 0 Å². The highest BCUT2D eigenvalue weighted by Crippen LogP contribution is 2.13. The Morgan fingerprint density at radius 1 is 1.70 bits per heavy atom. The molecule has 0 aromatic carbocycles. The zero-order valence-electron chi connectivity index (χ0n) is 6.09. The van der Waals surface area contributed by atoms with Crippen molar-refractivity contribution in [2.24, 2.45) is 10.9 Å². The number of thiophene rings is 1. The number of hydrogen-bond donors (Lipinski definition) is 1. The molecule has 3 heteroatoms. The fraction of sp³-hybridized carbons (Fsp3) is 0.286. The zero-order chi connectivity index (χ0) is 7.56. The molecule has 2 N–H and O–H groups in total. The summed E-state index contributed by atoms with van der Waals surface area (Å²) in [5, 5.41) is 5.69. The first kappa shape index (κ1) is 7.28. The smallest absolute Gasteiger partial charge is 0.0741 e. The van der Waals surface area contributed by atoms with Crippen LogP contribution in [0.1, 0.15) is 17.4 Å². The average molecular weight is 154 g/mol. The Balaban J connectivity index is 2.95. The minimum absolute atomic E-state index is 0.901. The molecule has 54 valence electrons. The molecule has 0 saturated heterocycles. The first-order valence-electron chi connectivity index (χ1n) is 3.04. The van der Waals surface area contributed by atoms with Gasteiger partial charge in [-0.3, -0.25) is 0 Å². The molecule has 0 aliphatic carbocycles. The SMILES string of the molecule is CC(=NN)c1cc(C)cs1. The van der Waals surface area contributed by atoms with Gasteiger partial charge in [0.2, 0.25) is 0 Å². The summed E-state index contributed by atoms with van der Waals surface area (Å²) >= 11 is 1.67. The van der Waals surface area contributed by atoms with Gasteiger partial charge in [0.25, 0.3) is 0 Å². The lowest BCUT2D eigenvalue weighted by Crippen LogP contribution is -1.94. The number of aryl methyl sites for hydroxylation is 1. The third kappa shape index (κ3) is 1.36. The predicted molar refractivity (Wildman–Crippen MR) is 45.5 cm³/mol. The summed E-state index contributed by atoms with van der Waals surface area (Å²) in [6.45, 7) is 3.97. The maximum absolute atomic E-state index is 5.11. The Kier molecular flexibility index (Phi) is 2.06. The van der Waals surface area contributed by atoms with Gasteiger partial charge in [0.05, 0.1) is 10.6 Å². The van der Waals surface area contributed by atoms with Gasteiger partial charge in [-0.05, 0) is 30.9 Å². The number of hydrazone groups is 1. The molecule has 0 bridgehead atoms. The van der Waals surface area contributed by atoms with Crippen LogP contribution in [0.25, 0.3) is 0 Å². The Bertz CT molecular complexity index is 250. The average Bonchev–Trinajstić information content (AvgIpc) is 2.34. The van der Waals surface area contributed by atoms with Crippen LogP contribution in [0.3, 0.4) is 0 Å². The molecule has 0 saturated carbocycles. The van der Waals surface area contributed by atoms with E-state index in [9.17, 15) is 0 Å². The van der Waals surface area contributed by atoms with Crippen molar-refractivity contribution in [1.82, 2.24) is 0 Å². The van der Waals surface area contributed by atoms with Crippen LogP contribution in [0.4, 0.5) is 0 Å². The molecule has 0 fully saturated rings. The summed E-state index contributed by atoms with van der Waals surface area (Å²) in [5.74, 6) is 5.11.